The van der Waals surface area contributed by atoms with E-state index in [1.807, 2.05) is 18.2 Å². The maximum atomic E-state index is 9.34. The van der Waals surface area contributed by atoms with Crippen LogP contribution in [0, 0.1) is 0 Å². The molecule has 0 radical (unpaired) electrons. The Kier molecular flexibility index (Phi) is 6.32. The van der Waals surface area contributed by atoms with Crippen LogP contribution in [0.3, 0.4) is 0 Å². The molecule has 0 unspecified atom stereocenters. The number of nitrogens with two attached hydrogens (primary N) is 1. The van der Waals surface area contributed by atoms with Crippen molar-refractivity contribution in [3.8, 4) is 5.75 Å². The molecule has 0 aliphatic heterocycles. The molecule has 4 N–H and O–H groups in total. The highest BCUT2D eigenvalue weighted by Crippen LogP contribution is 2.14. The molecule has 4 heteroatoms. The van der Waals surface area contributed by atoms with Gasteiger partial charge in [0.25, 0.3) is 0 Å². The van der Waals surface area contributed by atoms with Gasteiger partial charge in [-0.05, 0) is 6.07 Å². The quantitative estimate of drug-likeness (QED) is 0.635. The molecular formula is C9H15ClN2O. The van der Waals surface area contributed by atoms with E-state index in [4.69, 9.17) is 5.73 Å². The Hall–Kier alpha value is -0.770. The third-order valence-electron chi connectivity index (χ3n) is 1.63. The van der Waals surface area contributed by atoms with E-state index in [9.17, 15) is 5.11 Å². The fourth-order valence-electron chi connectivity index (χ4n) is 0.985. The van der Waals surface area contributed by atoms with E-state index in [0.29, 0.717) is 18.8 Å². The summed E-state index contributed by atoms with van der Waals surface area (Å²) < 4.78 is 0. The highest BCUT2D eigenvalue weighted by atomic mass is 35.5. The molecule has 0 bridgehead atoms. The van der Waals surface area contributed by atoms with Crippen molar-refractivity contribution in [2.45, 2.75) is 6.54 Å². The molecule has 0 saturated heterocycles. The summed E-state index contributed by atoms with van der Waals surface area (Å²) in [5.74, 6) is 0.335. The van der Waals surface area contributed by atoms with Gasteiger partial charge in [0.2, 0.25) is 0 Å². The van der Waals surface area contributed by atoms with Crippen LogP contribution in [0.4, 0.5) is 0 Å². The smallest absolute Gasteiger partial charge is 0.120 e. The van der Waals surface area contributed by atoms with Gasteiger partial charge < -0.3 is 16.2 Å². The molecule has 1 rings (SSSR count). The topological polar surface area (TPSA) is 58.3 Å². The number of hydrogen-bond acceptors (Lipinski definition) is 3. The maximum Gasteiger partial charge on any atom is 0.120 e. The van der Waals surface area contributed by atoms with Gasteiger partial charge in [-0.1, -0.05) is 18.2 Å². The largest absolute Gasteiger partial charge is 0.508 e. The number of hydrogen-bond donors (Lipinski definition) is 3. The number of nitrogens with one attached hydrogen (secondary N) is 1. The van der Waals surface area contributed by atoms with E-state index in [-0.39, 0.29) is 12.4 Å². The average molecular weight is 203 g/mol. The first kappa shape index (κ1) is 12.2. The van der Waals surface area contributed by atoms with Gasteiger partial charge in [0.1, 0.15) is 5.75 Å². The van der Waals surface area contributed by atoms with E-state index in [1.165, 1.54) is 0 Å². The monoisotopic (exact) mass is 202 g/mol. The summed E-state index contributed by atoms with van der Waals surface area (Å²) in [6.07, 6.45) is 0. The van der Waals surface area contributed by atoms with Crippen LogP contribution in [0.25, 0.3) is 0 Å². The molecule has 0 aliphatic rings. The second kappa shape index (κ2) is 6.71. The second-order valence-corrected chi connectivity index (χ2v) is 2.59. The summed E-state index contributed by atoms with van der Waals surface area (Å²) in [7, 11) is 0. The molecule has 0 spiro atoms. The highest BCUT2D eigenvalue weighted by molar-refractivity contribution is 5.85. The van der Waals surface area contributed by atoms with Crippen LogP contribution in [0.15, 0.2) is 24.3 Å². The van der Waals surface area contributed by atoms with Crippen molar-refractivity contribution in [3.63, 3.8) is 0 Å². The molecule has 3 nitrogen and oxygen atoms in total. The molecular weight excluding hydrogens is 188 g/mol. The zero-order valence-electron chi connectivity index (χ0n) is 7.36. The predicted octanol–water partition coefficient (Wildman–Crippen LogP) is 0.862. The summed E-state index contributed by atoms with van der Waals surface area (Å²) in [5.41, 5.74) is 6.21. The van der Waals surface area contributed by atoms with Crippen LogP contribution in [-0.2, 0) is 6.54 Å². The van der Waals surface area contributed by atoms with Crippen LogP contribution in [0.5, 0.6) is 5.75 Å². The zero-order chi connectivity index (χ0) is 8.81. The second-order valence-electron chi connectivity index (χ2n) is 2.59. The van der Waals surface area contributed by atoms with Gasteiger partial charge >= 0.3 is 0 Å². The van der Waals surface area contributed by atoms with Gasteiger partial charge in [-0.3, -0.25) is 0 Å². The number of aromatic hydroxyl groups is 1. The van der Waals surface area contributed by atoms with Gasteiger partial charge in [-0.25, -0.2) is 0 Å². The third kappa shape index (κ3) is 4.12. The lowest BCUT2D eigenvalue weighted by Crippen LogP contribution is -2.21. The maximum absolute atomic E-state index is 9.34. The Balaban J connectivity index is 0.00000144. The Morgan fingerprint density at radius 1 is 1.31 bits per heavy atom. The Morgan fingerprint density at radius 3 is 2.62 bits per heavy atom. The van der Waals surface area contributed by atoms with Gasteiger partial charge in [0.05, 0.1) is 0 Å². The van der Waals surface area contributed by atoms with E-state index in [1.54, 1.807) is 6.07 Å². The molecule has 0 aromatic heterocycles. The first-order valence-electron chi connectivity index (χ1n) is 4.02. The molecule has 0 atom stereocenters. The summed E-state index contributed by atoms with van der Waals surface area (Å²) >= 11 is 0. The van der Waals surface area contributed by atoms with E-state index in [0.717, 1.165) is 12.1 Å². The number of phenolic OH excluding ortho intramolecular Hbond substituents is 1. The SMILES string of the molecule is Cl.NCCNCc1ccccc1O. The minimum atomic E-state index is 0. The van der Waals surface area contributed by atoms with Gasteiger partial charge in [0, 0.05) is 25.2 Å². The fourth-order valence-corrected chi connectivity index (χ4v) is 0.985. The minimum Gasteiger partial charge on any atom is -0.508 e. The standard InChI is InChI=1S/C9H14N2O.ClH/c10-5-6-11-7-8-3-1-2-4-9(8)12;/h1-4,11-12H,5-7,10H2;1H. The minimum absolute atomic E-state index is 0. The summed E-state index contributed by atoms with van der Waals surface area (Å²) in [4.78, 5) is 0. The number of rotatable bonds is 4. The van der Waals surface area contributed by atoms with Crippen LogP contribution in [0.2, 0.25) is 0 Å². The molecule has 0 aliphatic carbocycles. The zero-order valence-corrected chi connectivity index (χ0v) is 8.18. The van der Waals surface area contributed by atoms with Crippen molar-refractivity contribution in [2.75, 3.05) is 13.1 Å². The van der Waals surface area contributed by atoms with Crippen molar-refractivity contribution in [3.05, 3.63) is 29.8 Å². The molecule has 0 heterocycles. The van der Waals surface area contributed by atoms with Crippen molar-refractivity contribution >= 4 is 12.4 Å². The highest BCUT2D eigenvalue weighted by Gasteiger charge is 1.96. The van der Waals surface area contributed by atoms with E-state index >= 15 is 0 Å². The first-order chi connectivity index (χ1) is 5.84. The van der Waals surface area contributed by atoms with E-state index in [2.05, 4.69) is 5.32 Å². The third-order valence-corrected chi connectivity index (χ3v) is 1.63. The van der Waals surface area contributed by atoms with Crippen LogP contribution in [0.1, 0.15) is 5.56 Å². The van der Waals surface area contributed by atoms with Gasteiger partial charge in [-0.2, -0.15) is 0 Å². The number of para-hydroxylation sites is 1. The predicted molar refractivity (Wildman–Crippen MR) is 56.1 cm³/mol. The first-order valence-corrected chi connectivity index (χ1v) is 4.02. The van der Waals surface area contributed by atoms with E-state index < -0.39 is 0 Å². The number of benzene rings is 1. The Labute approximate surface area is 84.4 Å². The lowest BCUT2D eigenvalue weighted by atomic mass is 10.2. The van der Waals surface area contributed by atoms with Crippen molar-refractivity contribution in [1.29, 1.82) is 0 Å². The lowest BCUT2D eigenvalue weighted by Gasteiger charge is -2.04. The van der Waals surface area contributed by atoms with Crippen LogP contribution < -0.4 is 11.1 Å². The van der Waals surface area contributed by atoms with Crippen molar-refractivity contribution in [2.24, 2.45) is 5.73 Å². The lowest BCUT2D eigenvalue weighted by molar-refractivity contribution is 0.465. The fraction of sp³-hybridized carbons (Fsp3) is 0.333. The summed E-state index contributed by atoms with van der Waals surface area (Å²) in [6, 6.07) is 7.28. The van der Waals surface area contributed by atoms with Crippen molar-refractivity contribution in [1.82, 2.24) is 5.32 Å². The number of phenols is 1. The molecule has 0 fully saturated rings. The summed E-state index contributed by atoms with van der Waals surface area (Å²) in [5, 5.41) is 12.4. The van der Waals surface area contributed by atoms with Crippen LogP contribution in [-0.4, -0.2) is 18.2 Å². The van der Waals surface area contributed by atoms with Crippen molar-refractivity contribution < 1.29 is 5.11 Å². The van der Waals surface area contributed by atoms with Crippen LogP contribution >= 0.6 is 12.4 Å². The number of halogens is 1. The molecule has 1 aromatic rings. The molecule has 13 heavy (non-hydrogen) atoms. The molecule has 0 saturated carbocycles. The Bertz CT molecular complexity index is 243. The van der Waals surface area contributed by atoms with Gasteiger partial charge in [0.15, 0.2) is 0 Å². The van der Waals surface area contributed by atoms with Gasteiger partial charge in [-0.15, -0.1) is 12.4 Å². The normalized spacial score (nSPS) is 9.31. The molecule has 74 valence electrons. The average Bonchev–Trinajstić information content (AvgIpc) is 2.09. The molecule has 1 aromatic carbocycles. The summed E-state index contributed by atoms with van der Waals surface area (Å²) in [6.45, 7) is 2.06. The molecule has 0 amide bonds. The Morgan fingerprint density at radius 2 is 2.00 bits per heavy atom.